The van der Waals surface area contributed by atoms with Crippen LogP contribution in [-0.4, -0.2) is 86.7 Å². The fourth-order valence-corrected chi connectivity index (χ4v) is 4.74. The van der Waals surface area contributed by atoms with Crippen molar-refractivity contribution in [2.24, 2.45) is 5.73 Å². The normalized spacial score (nSPS) is 23.8. The SMILES string of the molecule is C=C/C(=C\c1c(C(N)=O)nn(CC(=O)N2CC(F)CC2C(=O)NC2CCNCC2F)c1C)c1ccnnc1. The summed E-state index contributed by atoms with van der Waals surface area (Å²) in [5, 5.41) is 17.4. The third-order valence-corrected chi connectivity index (χ3v) is 6.82. The van der Waals surface area contributed by atoms with Gasteiger partial charge in [0.15, 0.2) is 5.69 Å². The number of alkyl halides is 2. The van der Waals surface area contributed by atoms with Gasteiger partial charge in [0.2, 0.25) is 11.8 Å². The number of aromatic nitrogens is 4. The number of primary amides is 1. The molecule has 2 aromatic heterocycles. The molecule has 2 fully saturated rings. The minimum Gasteiger partial charge on any atom is -0.364 e. The number of nitrogens with zero attached hydrogens (tertiary/aromatic N) is 5. The number of nitrogens with one attached hydrogen (secondary N) is 2. The summed E-state index contributed by atoms with van der Waals surface area (Å²) in [5.74, 6) is -1.95. The summed E-state index contributed by atoms with van der Waals surface area (Å²) in [7, 11) is 0. The smallest absolute Gasteiger partial charge is 0.269 e. The van der Waals surface area contributed by atoms with E-state index in [4.69, 9.17) is 5.73 Å². The van der Waals surface area contributed by atoms with Crippen LogP contribution in [0.15, 0.2) is 31.1 Å². The Hall–Kier alpha value is -4.00. The molecule has 4 N–H and O–H groups in total. The quantitative estimate of drug-likeness (QED) is 0.424. The molecule has 0 bridgehead atoms. The van der Waals surface area contributed by atoms with Crippen LogP contribution in [0.3, 0.4) is 0 Å². The first-order chi connectivity index (χ1) is 18.2. The van der Waals surface area contributed by atoms with Crippen molar-refractivity contribution < 1.29 is 23.2 Å². The van der Waals surface area contributed by atoms with Crippen LogP contribution in [-0.2, 0) is 16.1 Å². The lowest BCUT2D eigenvalue weighted by atomic mass is 10.0. The first-order valence-corrected chi connectivity index (χ1v) is 12.3. The van der Waals surface area contributed by atoms with Gasteiger partial charge in [0.05, 0.1) is 25.0 Å². The van der Waals surface area contributed by atoms with Crippen LogP contribution < -0.4 is 16.4 Å². The highest BCUT2D eigenvalue weighted by Gasteiger charge is 2.41. The molecule has 4 rings (SSSR count). The van der Waals surface area contributed by atoms with E-state index in [-0.39, 0.29) is 31.7 Å². The van der Waals surface area contributed by atoms with Gasteiger partial charge in [-0.1, -0.05) is 12.7 Å². The van der Waals surface area contributed by atoms with Crippen molar-refractivity contribution in [2.75, 3.05) is 19.6 Å². The Kier molecular flexibility index (Phi) is 8.25. The molecule has 4 heterocycles. The van der Waals surface area contributed by atoms with Gasteiger partial charge in [0.25, 0.3) is 5.91 Å². The standard InChI is InChI=1S/C25H30F2N8O3/c1-3-15(16-4-7-30-31-10-16)8-18-14(2)35(33-23(18)24(28)37)13-22(36)34-12-17(26)9-21(34)25(38)32-20-5-6-29-11-19(20)27/h3-4,7-8,10,17,19-21,29H,1,5-6,9,11-13H2,2H3,(H2,28,37)(H,32,38)/b15-8+. The topological polar surface area (TPSA) is 148 Å². The average molecular weight is 529 g/mol. The molecule has 4 atom stereocenters. The maximum atomic E-state index is 14.4. The van der Waals surface area contributed by atoms with E-state index in [0.29, 0.717) is 35.4 Å². The van der Waals surface area contributed by atoms with E-state index in [1.165, 1.54) is 17.1 Å². The fraction of sp³-hybridized carbons (Fsp3) is 0.440. The van der Waals surface area contributed by atoms with Gasteiger partial charge in [0.1, 0.15) is 24.9 Å². The van der Waals surface area contributed by atoms with Gasteiger partial charge in [-0.15, -0.1) is 0 Å². The number of piperidine rings is 1. The van der Waals surface area contributed by atoms with Crippen LogP contribution >= 0.6 is 0 Å². The van der Waals surface area contributed by atoms with Crippen molar-refractivity contribution >= 4 is 29.4 Å². The average Bonchev–Trinajstić information content (AvgIpc) is 3.44. The lowest BCUT2D eigenvalue weighted by molar-refractivity contribution is -0.139. The van der Waals surface area contributed by atoms with Gasteiger partial charge in [-0.05, 0) is 37.6 Å². The van der Waals surface area contributed by atoms with Gasteiger partial charge >= 0.3 is 0 Å². The molecular formula is C25H30F2N8O3. The number of halogens is 2. The Labute approximate surface area is 218 Å². The number of carbonyl (C=O) groups excluding carboxylic acids is 3. The molecule has 0 aromatic carbocycles. The fourth-order valence-electron chi connectivity index (χ4n) is 4.74. The Morgan fingerprint density at radius 1 is 1.32 bits per heavy atom. The number of hydrogen-bond acceptors (Lipinski definition) is 7. The van der Waals surface area contributed by atoms with Gasteiger partial charge in [-0.3, -0.25) is 19.1 Å². The largest absolute Gasteiger partial charge is 0.364 e. The molecule has 11 nitrogen and oxygen atoms in total. The molecule has 3 amide bonds. The molecule has 2 aliphatic heterocycles. The lowest BCUT2D eigenvalue weighted by Gasteiger charge is -2.30. The molecule has 38 heavy (non-hydrogen) atoms. The summed E-state index contributed by atoms with van der Waals surface area (Å²) in [4.78, 5) is 39.5. The van der Waals surface area contributed by atoms with E-state index in [0.717, 1.165) is 4.90 Å². The molecule has 202 valence electrons. The second-order valence-electron chi connectivity index (χ2n) is 9.32. The number of amides is 3. The third kappa shape index (κ3) is 5.77. The Morgan fingerprint density at radius 2 is 2.11 bits per heavy atom. The zero-order valence-electron chi connectivity index (χ0n) is 20.9. The number of hydrogen-bond donors (Lipinski definition) is 3. The molecular weight excluding hydrogens is 498 g/mol. The van der Waals surface area contributed by atoms with E-state index in [1.54, 1.807) is 25.1 Å². The second kappa shape index (κ2) is 11.6. The van der Waals surface area contributed by atoms with Crippen LogP contribution in [0.2, 0.25) is 0 Å². The number of rotatable bonds is 8. The molecule has 0 aliphatic carbocycles. The molecule has 13 heteroatoms. The highest BCUT2D eigenvalue weighted by molar-refractivity contribution is 5.98. The maximum Gasteiger partial charge on any atom is 0.269 e. The summed E-state index contributed by atoms with van der Waals surface area (Å²) in [5.41, 5.74) is 7.66. The monoisotopic (exact) mass is 528 g/mol. The van der Waals surface area contributed by atoms with Crippen molar-refractivity contribution in [3.05, 3.63) is 53.6 Å². The molecule has 0 saturated carbocycles. The zero-order valence-corrected chi connectivity index (χ0v) is 20.9. The van der Waals surface area contributed by atoms with Crippen LogP contribution in [0.1, 0.15) is 40.2 Å². The van der Waals surface area contributed by atoms with Crippen molar-refractivity contribution in [3.8, 4) is 0 Å². The van der Waals surface area contributed by atoms with Crippen molar-refractivity contribution in [2.45, 2.75) is 50.7 Å². The van der Waals surface area contributed by atoms with Crippen molar-refractivity contribution in [3.63, 3.8) is 0 Å². The first kappa shape index (κ1) is 27.0. The molecule has 2 saturated heterocycles. The molecule has 2 aromatic rings. The second-order valence-corrected chi connectivity index (χ2v) is 9.32. The van der Waals surface area contributed by atoms with Crippen molar-refractivity contribution in [1.29, 1.82) is 0 Å². The molecule has 2 aliphatic rings. The van der Waals surface area contributed by atoms with E-state index in [9.17, 15) is 23.2 Å². The highest BCUT2D eigenvalue weighted by Crippen LogP contribution is 2.25. The summed E-state index contributed by atoms with van der Waals surface area (Å²) in [6.07, 6.45) is 3.82. The van der Waals surface area contributed by atoms with Gasteiger partial charge in [-0.2, -0.15) is 15.3 Å². The maximum absolute atomic E-state index is 14.4. The van der Waals surface area contributed by atoms with E-state index < -0.39 is 42.1 Å². The van der Waals surface area contributed by atoms with Crippen LogP contribution in [0.5, 0.6) is 0 Å². The summed E-state index contributed by atoms with van der Waals surface area (Å²) in [6, 6.07) is -0.0546. The Bertz CT molecular complexity index is 1250. The van der Waals surface area contributed by atoms with Gasteiger partial charge < -0.3 is 21.3 Å². The third-order valence-electron chi connectivity index (χ3n) is 6.82. The Balaban J connectivity index is 1.56. The van der Waals surface area contributed by atoms with Gasteiger partial charge in [0, 0.05) is 29.8 Å². The summed E-state index contributed by atoms with van der Waals surface area (Å²) < 4.78 is 29.9. The zero-order chi connectivity index (χ0) is 27.4. The molecule has 0 radical (unpaired) electrons. The molecule has 4 unspecified atom stereocenters. The van der Waals surface area contributed by atoms with E-state index in [2.05, 4.69) is 32.5 Å². The van der Waals surface area contributed by atoms with Crippen LogP contribution in [0.4, 0.5) is 8.78 Å². The van der Waals surface area contributed by atoms with Crippen LogP contribution in [0.25, 0.3) is 11.6 Å². The minimum atomic E-state index is -1.40. The van der Waals surface area contributed by atoms with Gasteiger partial charge in [-0.25, -0.2) is 8.78 Å². The molecule has 0 spiro atoms. The first-order valence-electron chi connectivity index (χ1n) is 12.3. The van der Waals surface area contributed by atoms with E-state index in [1.807, 2.05) is 0 Å². The summed E-state index contributed by atoms with van der Waals surface area (Å²) in [6.45, 7) is 5.51. The number of likely N-dealkylation sites (tertiary alicyclic amines) is 1. The van der Waals surface area contributed by atoms with E-state index >= 15 is 0 Å². The predicted octanol–water partition coefficient (Wildman–Crippen LogP) is 0.562. The Morgan fingerprint density at radius 3 is 2.76 bits per heavy atom. The summed E-state index contributed by atoms with van der Waals surface area (Å²) >= 11 is 0. The minimum absolute atomic E-state index is 0.0596. The highest BCUT2D eigenvalue weighted by atomic mass is 19.1. The predicted molar refractivity (Wildman–Crippen MR) is 135 cm³/mol. The lowest BCUT2D eigenvalue weighted by Crippen LogP contribution is -2.55. The van der Waals surface area contributed by atoms with Crippen LogP contribution in [0, 0.1) is 6.92 Å². The number of nitrogens with two attached hydrogens (primary N) is 1. The number of carbonyl (C=O) groups is 3. The number of allylic oxidation sites excluding steroid dienone is 2. The van der Waals surface area contributed by atoms with Crippen molar-refractivity contribution in [1.82, 2.24) is 35.5 Å².